The number of halogens is 3. The van der Waals surface area contributed by atoms with Gasteiger partial charge in [-0.15, -0.1) is 0 Å². The molecule has 2 aromatic rings. The minimum absolute atomic E-state index is 0.383. The second-order valence-corrected chi connectivity index (χ2v) is 9.20. The van der Waals surface area contributed by atoms with E-state index in [0.29, 0.717) is 29.1 Å². The minimum atomic E-state index is -4.74. The summed E-state index contributed by atoms with van der Waals surface area (Å²) in [6.07, 6.45) is -3.39. The van der Waals surface area contributed by atoms with Crippen LogP contribution in [0.1, 0.15) is 29.5 Å². The van der Waals surface area contributed by atoms with E-state index in [0.717, 1.165) is 24.1 Å². The molecule has 0 unspecified atom stereocenters. The fourth-order valence-corrected chi connectivity index (χ4v) is 6.46. The fourth-order valence-electron chi connectivity index (χ4n) is 6.46. The molecule has 4 atom stereocenters. The third-order valence-corrected chi connectivity index (χ3v) is 7.60. The number of hydrogen-bond acceptors (Lipinski definition) is 4. The highest BCUT2D eigenvalue weighted by Gasteiger charge is 2.74. The van der Waals surface area contributed by atoms with Crippen molar-refractivity contribution in [3.63, 3.8) is 0 Å². The fraction of sp³-hybridized carbons (Fsp3) is 0.375. The van der Waals surface area contributed by atoms with Gasteiger partial charge in [-0.2, -0.15) is 13.2 Å². The lowest BCUT2D eigenvalue weighted by Gasteiger charge is -2.37. The van der Waals surface area contributed by atoms with Crippen molar-refractivity contribution in [3.8, 4) is 0 Å². The zero-order chi connectivity index (χ0) is 23.3. The molecular weight excluding hydrogens is 435 g/mol. The number of amides is 3. The van der Waals surface area contributed by atoms with Gasteiger partial charge < -0.3 is 5.32 Å². The Morgan fingerprint density at radius 3 is 2.58 bits per heavy atom. The van der Waals surface area contributed by atoms with Crippen LogP contribution in [0.2, 0.25) is 0 Å². The first-order valence-electron chi connectivity index (χ1n) is 10.9. The summed E-state index contributed by atoms with van der Waals surface area (Å²) < 4.78 is 41.2. The number of nitrogens with one attached hydrogen (secondary N) is 1. The molecule has 3 amide bonds. The zero-order valence-electron chi connectivity index (χ0n) is 17.6. The Labute approximate surface area is 187 Å². The van der Waals surface area contributed by atoms with Gasteiger partial charge in [-0.3, -0.25) is 19.3 Å². The van der Waals surface area contributed by atoms with E-state index in [-0.39, 0.29) is 6.04 Å². The van der Waals surface area contributed by atoms with Crippen LogP contribution in [0.15, 0.2) is 42.5 Å². The molecule has 0 aromatic heterocycles. The van der Waals surface area contributed by atoms with E-state index in [1.165, 1.54) is 12.1 Å². The van der Waals surface area contributed by atoms with Crippen molar-refractivity contribution >= 4 is 29.1 Å². The molecule has 6 rings (SSSR count). The van der Waals surface area contributed by atoms with Crippen molar-refractivity contribution in [2.24, 2.45) is 11.8 Å². The molecule has 33 heavy (non-hydrogen) atoms. The SMILES string of the molecule is Cc1ccc2c(c1)[C@]1(C(=O)N2)[C@@H]2C(=O)N(c3ccccc3C(F)(F)F)C(=O)[C@H]2[C@H]2CCCN21. The zero-order valence-corrected chi connectivity index (χ0v) is 17.6. The van der Waals surface area contributed by atoms with Crippen LogP contribution in [-0.4, -0.2) is 35.2 Å². The molecular formula is C24H20F3N3O3. The molecule has 0 bridgehead atoms. The molecule has 4 heterocycles. The van der Waals surface area contributed by atoms with Crippen molar-refractivity contribution in [3.05, 3.63) is 59.2 Å². The molecule has 0 saturated carbocycles. The standard InChI is InChI=1S/C24H20F3N3O3/c1-12-8-9-15-14(11-12)23(22(33)28-15)19-18(17-7-4-10-29(17)23)20(31)30(21(19)32)16-6-3-2-5-13(16)24(25,26)27/h2-3,5-6,8-9,11,17-19H,4,7,10H2,1H3,(H,28,33)/t17-,18+,19+,23-/m1/s1. The van der Waals surface area contributed by atoms with E-state index in [9.17, 15) is 27.6 Å². The van der Waals surface area contributed by atoms with Crippen molar-refractivity contribution in [1.29, 1.82) is 0 Å². The number of carbonyl (C=O) groups excluding carboxylic acids is 3. The summed E-state index contributed by atoms with van der Waals surface area (Å²) in [6, 6.07) is 9.68. The molecule has 9 heteroatoms. The van der Waals surface area contributed by atoms with E-state index in [2.05, 4.69) is 5.32 Å². The first kappa shape index (κ1) is 20.4. The normalized spacial score (nSPS) is 30.7. The van der Waals surface area contributed by atoms with Crippen LogP contribution in [0.5, 0.6) is 0 Å². The van der Waals surface area contributed by atoms with Crippen LogP contribution in [0, 0.1) is 18.8 Å². The number of carbonyl (C=O) groups is 3. The molecule has 3 saturated heterocycles. The number of aryl methyl sites for hydroxylation is 1. The Bertz CT molecular complexity index is 1240. The smallest absolute Gasteiger partial charge is 0.324 e. The van der Waals surface area contributed by atoms with Gasteiger partial charge in [0.2, 0.25) is 17.7 Å². The molecule has 0 aliphatic carbocycles. The van der Waals surface area contributed by atoms with Gasteiger partial charge in [-0.1, -0.05) is 29.8 Å². The predicted molar refractivity (Wildman–Crippen MR) is 112 cm³/mol. The molecule has 3 fully saturated rings. The van der Waals surface area contributed by atoms with E-state index in [1.807, 2.05) is 24.0 Å². The van der Waals surface area contributed by atoms with Crippen molar-refractivity contribution < 1.29 is 27.6 Å². The molecule has 1 spiro atoms. The van der Waals surface area contributed by atoms with Gasteiger partial charge in [-0.05, 0) is 44.5 Å². The minimum Gasteiger partial charge on any atom is -0.324 e. The number of nitrogens with zero attached hydrogens (tertiary/aromatic N) is 2. The highest BCUT2D eigenvalue weighted by Crippen LogP contribution is 2.61. The van der Waals surface area contributed by atoms with Crippen LogP contribution in [0.3, 0.4) is 0 Å². The maximum atomic E-state index is 13.8. The van der Waals surface area contributed by atoms with Crippen LogP contribution in [0.25, 0.3) is 0 Å². The van der Waals surface area contributed by atoms with Crippen molar-refractivity contribution in [2.75, 3.05) is 16.8 Å². The van der Waals surface area contributed by atoms with Crippen LogP contribution in [0.4, 0.5) is 24.5 Å². The quantitative estimate of drug-likeness (QED) is 0.669. The lowest BCUT2D eigenvalue weighted by molar-refractivity contribution is -0.138. The maximum Gasteiger partial charge on any atom is 0.418 e. The molecule has 170 valence electrons. The number of rotatable bonds is 1. The van der Waals surface area contributed by atoms with Gasteiger partial charge in [0.05, 0.1) is 23.1 Å². The monoisotopic (exact) mass is 455 g/mol. The number of imide groups is 1. The summed E-state index contributed by atoms with van der Waals surface area (Å²) >= 11 is 0. The first-order valence-corrected chi connectivity index (χ1v) is 10.9. The lowest BCUT2D eigenvalue weighted by atomic mass is 9.75. The van der Waals surface area contributed by atoms with E-state index < -0.39 is 52.5 Å². The third kappa shape index (κ3) is 2.40. The Morgan fingerprint density at radius 2 is 1.82 bits per heavy atom. The Kier molecular flexibility index (Phi) is 3.98. The first-order chi connectivity index (χ1) is 15.7. The van der Waals surface area contributed by atoms with Gasteiger partial charge in [0.15, 0.2) is 0 Å². The molecule has 4 aliphatic rings. The highest BCUT2D eigenvalue weighted by molar-refractivity contribution is 6.26. The van der Waals surface area contributed by atoms with Crippen molar-refractivity contribution in [1.82, 2.24) is 4.90 Å². The average molecular weight is 455 g/mol. The number of fused-ring (bicyclic) bond motifs is 7. The van der Waals surface area contributed by atoms with Crippen molar-refractivity contribution in [2.45, 2.75) is 37.5 Å². The van der Waals surface area contributed by atoms with Gasteiger partial charge in [0.1, 0.15) is 5.54 Å². The van der Waals surface area contributed by atoms with Crippen LogP contribution < -0.4 is 10.2 Å². The second-order valence-electron chi connectivity index (χ2n) is 9.20. The Balaban J connectivity index is 1.56. The summed E-state index contributed by atoms with van der Waals surface area (Å²) in [5, 5.41) is 2.87. The predicted octanol–water partition coefficient (Wildman–Crippen LogP) is 3.45. The molecule has 2 aromatic carbocycles. The largest absolute Gasteiger partial charge is 0.418 e. The number of anilines is 2. The summed E-state index contributed by atoms with van der Waals surface area (Å²) in [5.74, 6) is -3.77. The summed E-state index contributed by atoms with van der Waals surface area (Å²) in [4.78, 5) is 43.7. The Morgan fingerprint density at radius 1 is 1.06 bits per heavy atom. The lowest BCUT2D eigenvalue weighted by Crippen LogP contribution is -2.54. The van der Waals surface area contributed by atoms with Gasteiger partial charge in [0.25, 0.3) is 0 Å². The third-order valence-electron chi connectivity index (χ3n) is 7.60. The maximum absolute atomic E-state index is 13.8. The summed E-state index contributed by atoms with van der Waals surface area (Å²) in [6.45, 7) is 2.41. The second kappa shape index (κ2) is 6.44. The summed E-state index contributed by atoms with van der Waals surface area (Å²) in [7, 11) is 0. The molecule has 1 N–H and O–H groups in total. The average Bonchev–Trinajstić information content (AvgIpc) is 3.46. The molecule has 6 nitrogen and oxygen atoms in total. The van der Waals surface area contributed by atoms with Crippen LogP contribution in [-0.2, 0) is 26.1 Å². The van der Waals surface area contributed by atoms with E-state index >= 15 is 0 Å². The molecule has 0 radical (unpaired) electrons. The van der Waals surface area contributed by atoms with E-state index in [1.54, 1.807) is 6.07 Å². The van der Waals surface area contributed by atoms with Gasteiger partial charge >= 0.3 is 6.18 Å². The van der Waals surface area contributed by atoms with Gasteiger partial charge in [0, 0.05) is 17.3 Å². The number of para-hydroxylation sites is 1. The number of benzene rings is 2. The highest BCUT2D eigenvalue weighted by atomic mass is 19.4. The summed E-state index contributed by atoms with van der Waals surface area (Å²) in [5.41, 5.74) is -0.833. The van der Waals surface area contributed by atoms with E-state index in [4.69, 9.17) is 0 Å². The number of hydrogen-bond donors (Lipinski definition) is 1. The van der Waals surface area contributed by atoms with Gasteiger partial charge in [-0.25, -0.2) is 4.90 Å². The molecule has 4 aliphatic heterocycles. The topological polar surface area (TPSA) is 69.7 Å². The number of alkyl halides is 3. The van der Waals surface area contributed by atoms with Crippen LogP contribution >= 0.6 is 0 Å². The Hall–Kier alpha value is -3.20.